The van der Waals surface area contributed by atoms with E-state index in [1.165, 1.54) is 23.5 Å². The van der Waals surface area contributed by atoms with Crippen molar-refractivity contribution >= 4 is 38.7 Å². The van der Waals surface area contributed by atoms with Crippen LogP contribution in [0.4, 0.5) is 10.1 Å². The van der Waals surface area contributed by atoms with Crippen molar-refractivity contribution in [2.24, 2.45) is 11.1 Å². The highest BCUT2D eigenvalue weighted by atomic mass is 79.9. The van der Waals surface area contributed by atoms with Crippen molar-refractivity contribution in [1.29, 1.82) is 5.26 Å². The van der Waals surface area contributed by atoms with Crippen molar-refractivity contribution in [2.45, 2.75) is 32.6 Å². The second-order valence-electron chi connectivity index (χ2n) is 8.12. The highest BCUT2D eigenvalue weighted by Crippen LogP contribution is 2.51. The monoisotopic (exact) mass is 471 g/mol. The van der Waals surface area contributed by atoms with Gasteiger partial charge in [-0.25, -0.2) is 4.39 Å². The molecule has 0 fully saturated rings. The van der Waals surface area contributed by atoms with E-state index in [0.29, 0.717) is 29.7 Å². The SMILES string of the molecule is CC1(C)CC(=O)C2=C(C1)N(c1ccc(F)cc1)C(N)=C(C#N)C2c1cc(Br)cs1. The minimum atomic E-state index is -0.480. The van der Waals surface area contributed by atoms with Crippen LogP contribution in [0.25, 0.3) is 0 Å². The van der Waals surface area contributed by atoms with E-state index in [1.807, 2.05) is 25.3 Å². The molecule has 2 N–H and O–H groups in total. The molecule has 1 aliphatic heterocycles. The summed E-state index contributed by atoms with van der Waals surface area (Å²) >= 11 is 4.96. The van der Waals surface area contributed by atoms with Gasteiger partial charge in [-0.05, 0) is 58.1 Å². The third kappa shape index (κ3) is 3.41. The highest BCUT2D eigenvalue weighted by molar-refractivity contribution is 9.10. The Bertz CT molecular complexity index is 1110. The van der Waals surface area contributed by atoms with Crippen LogP contribution < -0.4 is 10.6 Å². The maximum Gasteiger partial charge on any atom is 0.162 e. The molecule has 0 amide bonds. The number of allylic oxidation sites excluding steroid dienone is 3. The van der Waals surface area contributed by atoms with Gasteiger partial charge in [-0.3, -0.25) is 9.69 Å². The van der Waals surface area contributed by atoms with Gasteiger partial charge in [-0.1, -0.05) is 13.8 Å². The molecule has 2 heterocycles. The fourth-order valence-electron chi connectivity index (χ4n) is 4.16. The van der Waals surface area contributed by atoms with Crippen molar-refractivity contribution in [1.82, 2.24) is 0 Å². The smallest absolute Gasteiger partial charge is 0.162 e. The number of nitrogens with two attached hydrogens (primary N) is 1. The maximum atomic E-state index is 13.5. The molecular formula is C22H19BrFN3OS. The molecule has 29 heavy (non-hydrogen) atoms. The Balaban J connectivity index is 1.99. The Morgan fingerprint density at radius 3 is 2.59 bits per heavy atom. The van der Waals surface area contributed by atoms with E-state index >= 15 is 0 Å². The molecule has 1 aromatic heterocycles. The minimum absolute atomic E-state index is 0.0261. The average molecular weight is 472 g/mol. The second-order valence-corrected chi connectivity index (χ2v) is 9.98. The summed E-state index contributed by atoms with van der Waals surface area (Å²) in [5.41, 5.74) is 8.68. The number of nitriles is 1. The van der Waals surface area contributed by atoms with Gasteiger partial charge in [-0.2, -0.15) is 5.26 Å². The van der Waals surface area contributed by atoms with Gasteiger partial charge in [0.15, 0.2) is 5.78 Å². The van der Waals surface area contributed by atoms with Gasteiger partial charge >= 0.3 is 0 Å². The van der Waals surface area contributed by atoms with E-state index in [1.54, 1.807) is 17.0 Å². The summed E-state index contributed by atoms with van der Waals surface area (Å²) in [5.74, 6) is -0.521. The Morgan fingerprint density at radius 1 is 1.31 bits per heavy atom. The third-order valence-electron chi connectivity index (χ3n) is 5.34. The topological polar surface area (TPSA) is 70.1 Å². The van der Waals surface area contributed by atoms with Crippen LogP contribution in [0.5, 0.6) is 0 Å². The Morgan fingerprint density at radius 2 is 2.00 bits per heavy atom. The number of carbonyl (C=O) groups is 1. The predicted molar refractivity (Wildman–Crippen MR) is 116 cm³/mol. The number of benzene rings is 1. The summed E-state index contributed by atoms with van der Waals surface area (Å²) in [7, 11) is 0. The zero-order valence-corrected chi connectivity index (χ0v) is 18.4. The lowest BCUT2D eigenvalue weighted by atomic mass is 9.69. The van der Waals surface area contributed by atoms with Crippen LogP contribution in [0.15, 0.2) is 62.8 Å². The van der Waals surface area contributed by atoms with Gasteiger partial charge in [0.1, 0.15) is 11.6 Å². The number of halogens is 2. The van der Waals surface area contributed by atoms with Crippen LogP contribution in [0, 0.1) is 22.6 Å². The van der Waals surface area contributed by atoms with Gasteiger partial charge < -0.3 is 5.73 Å². The molecule has 1 aliphatic carbocycles. The molecule has 0 saturated carbocycles. The number of ketones is 1. The molecule has 2 aliphatic rings. The van der Waals surface area contributed by atoms with Crippen molar-refractivity contribution in [3.8, 4) is 6.07 Å². The molecule has 0 radical (unpaired) electrons. The number of nitrogens with zero attached hydrogens (tertiary/aromatic N) is 2. The van der Waals surface area contributed by atoms with E-state index in [9.17, 15) is 14.4 Å². The van der Waals surface area contributed by atoms with Gasteiger partial charge in [0.25, 0.3) is 0 Å². The second kappa shape index (κ2) is 7.12. The van der Waals surface area contributed by atoms with E-state index in [-0.39, 0.29) is 22.8 Å². The molecule has 4 rings (SSSR count). The van der Waals surface area contributed by atoms with Crippen LogP contribution in [0.2, 0.25) is 0 Å². The normalized spacial score (nSPS) is 21.3. The average Bonchev–Trinajstić information content (AvgIpc) is 3.07. The summed E-state index contributed by atoms with van der Waals surface area (Å²) in [4.78, 5) is 16.0. The number of hydrogen-bond acceptors (Lipinski definition) is 5. The lowest BCUT2D eigenvalue weighted by molar-refractivity contribution is -0.118. The van der Waals surface area contributed by atoms with Crippen LogP contribution in [-0.4, -0.2) is 5.78 Å². The van der Waals surface area contributed by atoms with Crippen LogP contribution in [0.3, 0.4) is 0 Å². The number of hydrogen-bond donors (Lipinski definition) is 1. The third-order valence-corrected chi connectivity index (χ3v) is 7.10. The number of thiophene rings is 1. The minimum Gasteiger partial charge on any atom is -0.384 e. The lowest BCUT2D eigenvalue weighted by Crippen LogP contribution is -2.42. The molecule has 0 spiro atoms. The molecule has 4 nitrogen and oxygen atoms in total. The number of carbonyl (C=O) groups excluding carboxylic acids is 1. The van der Waals surface area contributed by atoms with E-state index in [2.05, 4.69) is 22.0 Å². The zero-order chi connectivity index (χ0) is 20.9. The van der Waals surface area contributed by atoms with Crippen molar-refractivity contribution in [3.05, 3.63) is 73.5 Å². The van der Waals surface area contributed by atoms with Gasteiger partial charge in [-0.15, -0.1) is 11.3 Å². The van der Waals surface area contributed by atoms with Gasteiger partial charge in [0.05, 0.1) is 17.6 Å². The molecule has 2 aromatic rings. The molecule has 1 aromatic carbocycles. The fraction of sp³-hybridized carbons (Fsp3) is 0.273. The summed E-state index contributed by atoms with van der Waals surface area (Å²) in [5, 5.41) is 11.9. The lowest BCUT2D eigenvalue weighted by Gasteiger charge is -2.43. The number of rotatable bonds is 2. The fourth-order valence-corrected chi connectivity index (χ4v) is 5.72. The molecular weight excluding hydrogens is 453 g/mol. The first kappa shape index (κ1) is 19.9. The highest BCUT2D eigenvalue weighted by Gasteiger charge is 2.45. The first-order chi connectivity index (χ1) is 13.7. The Kier molecular flexibility index (Phi) is 4.88. The summed E-state index contributed by atoms with van der Waals surface area (Å²) in [6.45, 7) is 4.10. The van der Waals surface area contributed by atoms with Gasteiger partial charge in [0, 0.05) is 38.1 Å². The number of anilines is 1. The van der Waals surface area contributed by atoms with Crippen LogP contribution in [0.1, 0.15) is 37.5 Å². The van der Waals surface area contributed by atoms with Crippen molar-refractivity contribution < 1.29 is 9.18 Å². The Hall–Kier alpha value is -2.43. The molecule has 1 unspecified atom stereocenters. The predicted octanol–water partition coefficient (Wildman–Crippen LogP) is 5.59. The Labute approximate surface area is 181 Å². The molecule has 1 atom stereocenters. The first-order valence-electron chi connectivity index (χ1n) is 9.17. The van der Waals surface area contributed by atoms with Gasteiger partial charge in [0.2, 0.25) is 0 Å². The van der Waals surface area contributed by atoms with Crippen molar-refractivity contribution in [3.63, 3.8) is 0 Å². The quantitative estimate of drug-likeness (QED) is 0.619. The molecule has 7 heteroatoms. The summed E-state index contributed by atoms with van der Waals surface area (Å²) in [6, 6.07) is 10.1. The molecule has 0 bridgehead atoms. The summed E-state index contributed by atoms with van der Waals surface area (Å²) < 4.78 is 14.4. The largest absolute Gasteiger partial charge is 0.384 e. The van der Waals surface area contributed by atoms with E-state index < -0.39 is 5.92 Å². The first-order valence-corrected chi connectivity index (χ1v) is 10.8. The van der Waals surface area contributed by atoms with Crippen molar-refractivity contribution in [2.75, 3.05) is 4.90 Å². The van der Waals surface area contributed by atoms with Crippen LogP contribution in [-0.2, 0) is 4.79 Å². The zero-order valence-electron chi connectivity index (χ0n) is 16.0. The standard InChI is InChI=1S/C22H19BrFN3OS/c1-22(2)8-16-20(17(28)9-22)19(18-7-12(23)11-29-18)15(10-25)21(26)27(16)14-5-3-13(24)4-6-14/h3-7,11,19H,8-9,26H2,1-2H3. The number of Topliss-reactive ketones (excluding diaryl/α,β-unsaturated/α-hetero) is 1. The molecule has 148 valence electrons. The van der Waals surface area contributed by atoms with E-state index in [0.717, 1.165) is 15.0 Å². The van der Waals surface area contributed by atoms with Crippen LogP contribution >= 0.6 is 27.3 Å². The molecule has 0 saturated heterocycles. The summed E-state index contributed by atoms with van der Waals surface area (Å²) in [6.07, 6.45) is 1.04. The van der Waals surface area contributed by atoms with E-state index in [4.69, 9.17) is 5.73 Å². The maximum absolute atomic E-state index is 13.5.